The second-order valence-corrected chi connectivity index (χ2v) is 6.43. The van der Waals surface area contributed by atoms with Crippen LogP contribution in [0.4, 0.5) is 0 Å². The molecule has 0 radical (unpaired) electrons. The molecule has 2 heteroatoms. The summed E-state index contributed by atoms with van der Waals surface area (Å²) in [6.45, 7) is 8.94. The lowest BCUT2D eigenvalue weighted by Crippen LogP contribution is -2.37. The van der Waals surface area contributed by atoms with Gasteiger partial charge in [-0.2, -0.15) is 0 Å². The second-order valence-electron chi connectivity index (χ2n) is 6.43. The van der Waals surface area contributed by atoms with Crippen LogP contribution in [0.1, 0.15) is 64.4 Å². The Morgan fingerprint density at radius 2 is 2.05 bits per heavy atom. The van der Waals surface area contributed by atoms with E-state index in [1.165, 1.54) is 31.2 Å². The molecule has 0 saturated heterocycles. The fourth-order valence-corrected chi connectivity index (χ4v) is 3.47. The fourth-order valence-electron chi connectivity index (χ4n) is 3.47. The highest BCUT2D eigenvalue weighted by molar-refractivity contribution is 5.37. The second kappa shape index (κ2) is 8.43. The van der Waals surface area contributed by atoms with E-state index >= 15 is 0 Å². The van der Waals surface area contributed by atoms with Crippen LogP contribution in [0, 0.1) is 5.92 Å². The van der Waals surface area contributed by atoms with Crippen molar-refractivity contribution in [3.05, 3.63) is 29.8 Å². The Kier molecular flexibility index (Phi) is 6.56. The van der Waals surface area contributed by atoms with Crippen LogP contribution in [-0.4, -0.2) is 19.2 Å². The van der Waals surface area contributed by atoms with Crippen LogP contribution in [0.3, 0.4) is 0 Å². The largest absolute Gasteiger partial charge is 0.493 e. The van der Waals surface area contributed by atoms with Crippen LogP contribution < -0.4 is 10.1 Å². The van der Waals surface area contributed by atoms with E-state index in [9.17, 15) is 0 Å². The van der Waals surface area contributed by atoms with Crippen molar-refractivity contribution >= 4 is 0 Å². The molecule has 3 unspecified atom stereocenters. The summed E-state index contributed by atoms with van der Waals surface area (Å²) >= 11 is 0. The van der Waals surface area contributed by atoms with Crippen LogP contribution in [0.25, 0.3) is 0 Å². The highest BCUT2D eigenvalue weighted by atomic mass is 16.5. The van der Waals surface area contributed by atoms with Gasteiger partial charge < -0.3 is 10.1 Å². The first-order chi connectivity index (χ1) is 10.3. The molecule has 0 aliphatic carbocycles. The van der Waals surface area contributed by atoms with Gasteiger partial charge in [-0.3, -0.25) is 0 Å². The predicted octanol–water partition coefficient (Wildman–Crippen LogP) is 4.75. The number of benzene rings is 1. The molecule has 0 spiro atoms. The maximum atomic E-state index is 5.80. The molecule has 1 aromatic rings. The Morgan fingerprint density at radius 3 is 2.81 bits per heavy atom. The molecule has 0 fully saturated rings. The van der Waals surface area contributed by atoms with Crippen molar-refractivity contribution in [2.24, 2.45) is 5.92 Å². The SMILES string of the molecule is CCCNC(CC1CCOc2ccccc21)C(C)CCC. The maximum Gasteiger partial charge on any atom is 0.122 e. The van der Waals surface area contributed by atoms with Crippen molar-refractivity contribution in [1.29, 1.82) is 0 Å². The topological polar surface area (TPSA) is 21.3 Å². The summed E-state index contributed by atoms with van der Waals surface area (Å²) in [4.78, 5) is 0. The molecule has 1 aliphatic heterocycles. The fraction of sp³-hybridized carbons (Fsp3) is 0.684. The van der Waals surface area contributed by atoms with Gasteiger partial charge in [-0.05, 0) is 55.7 Å². The third-order valence-electron chi connectivity index (χ3n) is 4.71. The van der Waals surface area contributed by atoms with Gasteiger partial charge in [0.15, 0.2) is 0 Å². The van der Waals surface area contributed by atoms with Gasteiger partial charge in [-0.1, -0.05) is 45.4 Å². The van der Waals surface area contributed by atoms with Crippen molar-refractivity contribution in [2.75, 3.05) is 13.2 Å². The molecule has 3 atom stereocenters. The standard InChI is InChI=1S/C19H31NO/c1-4-8-15(3)18(20-12-5-2)14-16-11-13-21-19-10-7-6-9-17(16)19/h6-7,9-10,15-16,18,20H,4-5,8,11-14H2,1-3H3. The molecule has 118 valence electrons. The van der Waals surface area contributed by atoms with Crippen LogP contribution >= 0.6 is 0 Å². The van der Waals surface area contributed by atoms with E-state index in [2.05, 4.69) is 50.4 Å². The molecule has 0 amide bonds. The zero-order chi connectivity index (χ0) is 15.1. The third-order valence-corrected chi connectivity index (χ3v) is 4.71. The number of rotatable bonds is 8. The number of fused-ring (bicyclic) bond motifs is 1. The van der Waals surface area contributed by atoms with Gasteiger partial charge in [-0.25, -0.2) is 0 Å². The lowest BCUT2D eigenvalue weighted by Gasteiger charge is -2.32. The first-order valence-electron chi connectivity index (χ1n) is 8.71. The van der Waals surface area contributed by atoms with Crippen LogP contribution in [-0.2, 0) is 0 Å². The van der Waals surface area contributed by atoms with E-state index in [-0.39, 0.29) is 0 Å². The molecule has 2 rings (SSSR count). The Morgan fingerprint density at radius 1 is 1.24 bits per heavy atom. The summed E-state index contributed by atoms with van der Waals surface area (Å²) in [5.74, 6) is 2.49. The van der Waals surface area contributed by atoms with Crippen molar-refractivity contribution in [3.63, 3.8) is 0 Å². The highest BCUT2D eigenvalue weighted by Crippen LogP contribution is 2.37. The number of ether oxygens (including phenoxy) is 1. The summed E-state index contributed by atoms with van der Waals surface area (Å²) in [7, 11) is 0. The van der Waals surface area contributed by atoms with E-state index in [0.29, 0.717) is 12.0 Å². The smallest absolute Gasteiger partial charge is 0.122 e. The molecular weight excluding hydrogens is 258 g/mol. The van der Waals surface area contributed by atoms with Gasteiger partial charge in [0.05, 0.1) is 6.61 Å². The van der Waals surface area contributed by atoms with Crippen molar-refractivity contribution in [1.82, 2.24) is 5.32 Å². The van der Waals surface area contributed by atoms with Crippen molar-refractivity contribution in [2.45, 2.75) is 64.8 Å². The molecule has 21 heavy (non-hydrogen) atoms. The average molecular weight is 289 g/mol. The normalized spacial score (nSPS) is 20.4. The van der Waals surface area contributed by atoms with Gasteiger partial charge in [0.2, 0.25) is 0 Å². The predicted molar refractivity (Wildman–Crippen MR) is 90.1 cm³/mol. The molecule has 1 aromatic carbocycles. The number of hydrogen-bond acceptors (Lipinski definition) is 2. The minimum atomic E-state index is 0.626. The summed E-state index contributed by atoms with van der Waals surface area (Å²) in [6.07, 6.45) is 6.18. The van der Waals surface area contributed by atoms with Gasteiger partial charge in [0, 0.05) is 6.04 Å². The maximum absolute atomic E-state index is 5.80. The quantitative estimate of drug-likeness (QED) is 0.746. The van der Waals surface area contributed by atoms with Gasteiger partial charge in [0.1, 0.15) is 5.75 Å². The van der Waals surface area contributed by atoms with Gasteiger partial charge in [0.25, 0.3) is 0 Å². The summed E-state index contributed by atoms with van der Waals surface area (Å²) in [6, 6.07) is 9.21. The number of hydrogen-bond donors (Lipinski definition) is 1. The molecule has 0 saturated carbocycles. The zero-order valence-corrected chi connectivity index (χ0v) is 13.9. The van der Waals surface area contributed by atoms with E-state index in [1.807, 2.05) is 0 Å². The van der Waals surface area contributed by atoms with Crippen molar-refractivity contribution in [3.8, 4) is 5.75 Å². The number of para-hydroxylation sites is 1. The molecule has 0 bridgehead atoms. The molecule has 1 N–H and O–H groups in total. The zero-order valence-electron chi connectivity index (χ0n) is 13.9. The lowest BCUT2D eigenvalue weighted by molar-refractivity contribution is 0.240. The first kappa shape index (κ1) is 16.4. The van der Waals surface area contributed by atoms with Crippen LogP contribution in [0.5, 0.6) is 5.75 Å². The molecule has 1 heterocycles. The minimum absolute atomic E-state index is 0.626. The Hall–Kier alpha value is -1.02. The number of nitrogens with one attached hydrogen (secondary N) is 1. The molecule has 2 nitrogen and oxygen atoms in total. The van der Waals surface area contributed by atoms with Crippen molar-refractivity contribution < 1.29 is 4.74 Å². The monoisotopic (exact) mass is 289 g/mol. The van der Waals surface area contributed by atoms with Gasteiger partial charge in [-0.15, -0.1) is 0 Å². The van der Waals surface area contributed by atoms with Gasteiger partial charge >= 0.3 is 0 Å². The summed E-state index contributed by atoms with van der Waals surface area (Å²) in [5.41, 5.74) is 1.41. The van der Waals surface area contributed by atoms with Crippen LogP contribution in [0.15, 0.2) is 24.3 Å². The van der Waals surface area contributed by atoms with E-state index in [1.54, 1.807) is 0 Å². The van der Waals surface area contributed by atoms with E-state index in [0.717, 1.165) is 31.2 Å². The highest BCUT2D eigenvalue weighted by Gasteiger charge is 2.26. The Labute approximate surface area is 130 Å². The Balaban J connectivity index is 2.06. The Bertz CT molecular complexity index is 418. The van der Waals surface area contributed by atoms with E-state index in [4.69, 9.17) is 4.74 Å². The minimum Gasteiger partial charge on any atom is -0.493 e. The average Bonchev–Trinajstić information content (AvgIpc) is 2.51. The van der Waals surface area contributed by atoms with E-state index < -0.39 is 0 Å². The summed E-state index contributed by atoms with van der Waals surface area (Å²) < 4.78 is 5.80. The third kappa shape index (κ3) is 4.47. The first-order valence-corrected chi connectivity index (χ1v) is 8.71. The molecule has 0 aromatic heterocycles. The summed E-state index contributed by atoms with van der Waals surface area (Å²) in [5, 5.41) is 3.79. The van der Waals surface area contributed by atoms with Crippen LogP contribution in [0.2, 0.25) is 0 Å². The lowest BCUT2D eigenvalue weighted by atomic mass is 9.83. The molecule has 1 aliphatic rings. The molecular formula is C19H31NO.